The van der Waals surface area contributed by atoms with Gasteiger partial charge < -0.3 is 14.8 Å². The summed E-state index contributed by atoms with van der Waals surface area (Å²) in [4.78, 5) is 4.66. The van der Waals surface area contributed by atoms with Gasteiger partial charge in [0.1, 0.15) is 11.3 Å². The van der Waals surface area contributed by atoms with Crippen LogP contribution in [0.3, 0.4) is 0 Å². The van der Waals surface area contributed by atoms with Crippen LogP contribution in [0, 0.1) is 0 Å². The van der Waals surface area contributed by atoms with E-state index in [9.17, 15) is 0 Å². The van der Waals surface area contributed by atoms with Gasteiger partial charge in [0.2, 0.25) is 0 Å². The molecule has 4 heteroatoms. The molecule has 2 rings (SSSR count). The molecule has 0 bridgehead atoms. The number of methoxy groups -OCH3 is 1. The van der Waals surface area contributed by atoms with Crippen LogP contribution < -0.4 is 10.1 Å². The number of pyridine rings is 1. The minimum Gasteiger partial charge on any atom is -0.494 e. The van der Waals surface area contributed by atoms with E-state index in [4.69, 9.17) is 9.47 Å². The molecule has 0 aliphatic rings. The van der Waals surface area contributed by atoms with Gasteiger partial charge in [-0.15, -0.1) is 0 Å². The number of aromatic nitrogens is 1. The summed E-state index contributed by atoms with van der Waals surface area (Å²) in [5.74, 6) is 0.817. The van der Waals surface area contributed by atoms with Crippen LogP contribution in [-0.2, 0) is 11.3 Å². The fraction of sp³-hybridized carbons (Fsp3) is 0.471. The molecule has 0 atom stereocenters. The number of para-hydroxylation sites is 1. The van der Waals surface area contributed by atoms with E-state index in [2.05, 4.69) is 23.3 Å². The molecule has 4 nitrogen and oxygen atoms in total. The summed E-state index contributed by atoms with van der Waals surface area (Å²) in [5.41, 5.74) is 1.93. The second-order valence-corrected chi connectivity index (χ2v) is 4.98. The lowest BCUT2D eigenvalue weighted by atomic mass is 10.2. The third kappa shape index (κ3) is 4.69. The average molecular weight is 288 g/mol. The molecule has 1 aromatic heterocycles. The Labute approximate surface area is 126 Å². The number of ether oxygens (including phenoxy) is 2. The number of hydrogen-bond donors (Lipinski definition) is 1. The molecule has 0 fully saturated rings. The lowest BCUT2D eigenvalue weighted by Gasteiger charge is -2.08. The van der Waals surface area contributed by atoms with Crippen LogP contribution in [0.5, 0.6) is 5.75 Å². The van der Waals surface area contributed by atoms with Crippen molar-refractivity contribution in [1.82, 2.24) is 10.3 Å². The third-order valence-electron chi connectivity index (χ3n) is 3.33. The lowest BCUT2D eigenvalue weighted by Crippen LogP contribution is -2.20. The van der Waals surface area contributed by atoms with E-state index < -0.39 is 0 Å². The average Bonchev–Trinajstić information content (AvgIpc) is 2.53. The highest BCUT2D eigenvalue weighted by Gasteiger charge is 2.03. The molecule has 0 aliphatic carbocycles. The first-order chi connectivity index (χ1) is 10.3. The molecule has 0 aliphatic heterocycles. The van der Waals surface area contributed by atoms with Gasteiger partial charge in [-0.05, 0) is 18.6 Å². The first kappa shape index (κ1) is 15.7. The van der Waals surface area contributed by atoms with E-state index in [1.807, 2.05) is 24.3 Å². The van der Waals surface area contributed by atoms with Crippen LogP contribution in [0.15, 0.2) is 30.3 Å². The minimum absolute atomic E-state index is 0.741. The largest absolute Gasteiger partial charge is 0.494 e. The van der Waals surface area contributed by atoms with Crippen LogP contribution in [-0.4, -0.2) is 31.9 Å². The van der Waals surface area contributed by atoms with Crippen molar-refractivity contribution in [2.75, 3.05) is 26.9 Å². The van der Waals surface area contributed by atoms with E-state index >= 15 is 0 Å². The molecule has 1 heterocycles. The Balaban J connectivity index is 1.85. The Morgan fingerprint density at radius 1 is 1.14 bits per heavy atom. The molecule has 0 unspecified atom stereocenters. The van der Waals surface area contributed by atoms with Crippen LogP contribution in [0.25, 0.3) is 10.9 Å². The fourth-order valence-corrected chi connectivity index (χ4v) is 2.13. The van der Waals surface area contributed by atoms with Gasteiger partial charge in [-0.1, -0.05) is 31.5 Å². The normalized spacial score (nSPS) is 11.0. The number of hydrogen-bond acceptors (Lipinski definition) is 4. The predicted molar refractivity (Wildman–Crippen MR) is 85.7 cm³/mol. The topological polar surface area (TPSA) is 43.4 Å². The van der Waals surface area contributed by atoms with Crippen molar-refractivity contribution < 1.29 is 9.47 Å². The summed E-state index contributed by atoms with van der Waals surface area (Å²) in [6.07, 6.45) is 2.31. The quantitative estimate of drug-likeness (QED) is 0.720. The molecule has 0 amide bonds. The fourth-order valence-electron chi connectivity index (χ4n) is 2.13. The summed E-state index contributed by atoms with van der Waals surface area (Å²) in [6, 6.07) is 10.1. The maximum atomic E-state index is 5.52. The third-order valence-corrected chi connectivity index (χ3v) is 3.33. The van der Waals surface area contributed by atoms with Gasteiger partial charge in [0.25, 0.3) is 0 Å². The zero-order valence-electron chi connectivity index (χ0n) is 12.9. The van der Waals surface area contributed by atoms with Gasteiger partial charge in [0.15, 0.2) is 0 Å². The summed E-state index contributed by atoms with van der Waals surface area (Å²) < 4.78 is 10.9. The Morgan fingerprint density at radius 2 is 2.05 bits per heavy atom. The minimum atomic E-state index is 0.741. The number of fused-ring (bicyclic) bond motifs is 1. The van der Waals surface area contributed by atoms with Crippen LogP contribution in [0.4, 0.5) is 0 Å². The van der Waals surface area contributed by atoms with Crippen molar-refractivity contribution >= 4 is 10.9 Å². The smallest absolute Gasteiger partial charge is 0.145 e. The molecule has 2 aromatic rings. The first-order valence-corrected chi connectivity index (χ1v) is 7.56. The van der Waals surface area contributed by atoms with Crippen molar-refractivity contribution in [3.05, 3.63) is 36.0 Å². The number of rotatable bonds is 9. The summed E-state index contributed by atoms with van der Waals surface area (Å²) >= 11 is 0. The molecule has 0 saturated carbocycles. The van der Waals surface area contributed by atoms with Crippen molar-refractivity contribution in [2.24, 2.45) is 0 Å². The maximum Gasteiger partial charge on any atom is 0.145 e. The Morgan fingerprint density at radius 3 is 2.86 bits per heavy atom. The summed E-state index contributed by atoms with van der Waals surface area (Å²) in [7, 11) is 1.68. The molecule has 0 spiro atoms. The van der Waals surface area contributed by atoms with Gasteiger partial charge in [-0.25, -0.2) is 4.98 Å². The van der Waals surface area contributed by atoms with Crippen molar-refractivity contribution in [3.8, 4) is 5.75 Å². The van der Waals surface area contributed by atoms with Crippen LogP contribution in [0.2, 0.25) is 0 Å². The van der Waals surface area contributed by atoms with Crippen molar-refractivity contribution in [1.29, 1.82) is 0 Å². The number of nitrogens with zero attached hydrogens (tertiary/aromatic N) is 1. The summed E-state index contributed by atoms with van der Waals surface area (Å²) in [5, 5.41) is 4.45. The highest BCUT2D eigenvalue weighted by Crippen LogP contribution is 2.23. The Kier molecular flexibility index (Phi) is 6.44. The molecule has 1 aromatic carbocycles. The van der Waals surface area contributed by atoms with E-state index in [0.29, 0.717) is 0 Å². The van der Waals surface area contributed by atoms with E-state index in [0.717, 1.165) is 55.1 Å². The molecular weight excluding hydrogens is 264 g/mol. The van der Waals surface area contributed by atoms with E-state index in [1.165, 1.54) is 6.42 Å². The monoisotopic (exact) mass is 288 g/mol. The standard InChI is InChI=1S/C17H24N2O2/c1-3-4-11-21-12-10-18-13-15-9-8-14-6-5-7-16(20-2)17(14)19-15/h5-9,18H,3-4,10-13H2,1-2H3. The highest BCUT2D eigenvalue weighted by molar-refractivity contribution is 5.84. The van der Waals surface area contributed by atoms with E-state index in [1.54, 1.807) is 7.11 Å². The summed E-state index contributed by atoms with van der Waals surface area (Å²) in [6.45, 7) is 5.35. The molecule has 0 radical (unpaired) electrons. The predicted octanol–water partition coefficient (Wildman–Crippen LogP) is 3.15. The molecule has 21 heavy (non-hydrogen) atoms. The zero-order valence-corrected chi connectivity index (χ0v) is 12.9. The second-order valence-electron chi connectivity index (χ2n) is 4.98. The molecular formula is C17H24N2O2. The van der Waals surface area contributed by atoms with Gasteiger partial charge >= 0.3 is 0 Å². The van der Waals surface area contributed by atoms with Gasteiger partial charge in [-0.2, -0.15) is 0 Å². The zero-order chi connectivity index (χ0) is 14.9. The Hall–Kier alpha value is -1.65. The van der Waals surface area contributed by atoms with E-state index in [-0.39, 0.29) is 0 Å². The van der Waals surface area contributed by atoms with Crippen molar-refractivity contribution in [3.63, 3.8) is 0 Å². The SMILES string of the molecule is CCCCOCCNCc1ccc2cccc(OC)c2n1. The number of unbranched alkanes of at least 4 members (excludes halogenated alkanes) is 1. The number of nitrogens with one attached hydrogen (secondary N) is 1. The van der Waals surface area contributed by atoms with Crippen molar-refractivity contribution in [2.45, 2.75) is 26.3 Å². The van der Waals surface area contributed by atoms with Gasteiger partial charge in [0.05, 0.1) is 19.4 Å². The molecule has 1 N–H and O–H groups in total. The maximum absolute atomic E-state index is 5.52. The Bertz CT molecular complexity index is 557. The van der Waals surface area contributed by atoms with Crippen LogP contribution >= 0.6 is 0 Å². The molecule has 0 saturated heterocycles. The van der Waals surface area contributed by atoms with Crippen LogP contribution in [0.1, 0.15) is 25.5 Å². The number of benzene rings is 1. The van der Waals surface area contributed by atoms with Gasteiger partial charge in [-0.3, -0.25) is 0 Å². The first-order valence-electron chi connectivity index (χ1n) is 7.56. The molecule has 114 valence electrons. The second kappa shape index (κ2) is 8.60. The lowest BCUT2D eigenvalue weighted by molar-refractivity contribution is 0.133. The van der Waals surface area contributed by atoms with Gasteiger partial charge in [0, 0.05) is 25.1 Å². The highest BCUT2D eigenvalue weighted by atomic mass is 16.5.